The first kappa shape index (κ1) is 24.3. The molecule has 0 radical (unpaired) electrons. The van der Waals surface area contributed by atoms with Gasteiger partial charge in [0.25, 0.3) is 5.92 Å². The van der Waals surface area contributed by atoms with E-state index in [1.165, 1.54) is 6.42 Å². The third-order valence-electron chi connectivity index (χ3n) is 6.17. The van der Waals surface area contributed by atoms with E-state index in [1.807, 2.05) is 35.4 Å². The Labute approximate surface area is 203 Å². The highest BCUT2D eigenvalue weighted by Gasteiger charge is 2.34. The van der Waals surface area contributed by atoms with E-state index >= 15 is 0 Å². The number of hydrazone groups is 1. The number of rotatable bonds is 7. The fourth-order valence-corrected chi connectivity index (χ4v) is 4.67. The molecule has 10 heteroatoms. The van der Waals surface area contributed by atoms with Crippen molar-refractivity contribution in [1.82, 2.24) is 4.98 Å². The van der Waals surface area contributed by atoms with Crippen molar-refractivity contribution in [3.8, 4) is 0 Å². The number of aliphatic imine (C=N–C) groups is 1. The standard InChI is InChI=1S/C24H31F2N7S/c1-34-31-18-8-9-20(22(16-18)32-12-3-2-4-13-32)28-17-21(30-27)19-6-5-7-23(29-19)33-14-10-24(25,26)11-15-33/h5-9,16-17,31H,2-4,10-15,27H2,1H3/b28-17?,30-21+. The number of nitrogens with two attached hydrogens (primary N) is 1. The molecule has 0 aliphatic carbocycles. The van der Waals surface area contributed by atoms with E-state index in [0.717, 1.165) is 43.0 Å². The molecule has 4 rings (SSSR count). The minimum atomic E-state index is -2.60. The van der Waals surface area contributed by atoms with Crippen LogP contribution in [0.5, 0.6) is 0 Å². The normalized spacial score (nSPS) is 19.0. The molecule has 1 aromatic carbocycles. The number of aromatic nitrogens is 1. The first-order valence-electron chi connectivity index (χ1n) is 11.6. The largest absolute Gasteiger partial charge is 0.370 e. The maximum Gasteiger partial charge on any atom is 0.251 e. The average Bonchev–Trinajstić information content (AvgIpc) is 2.86. The number of pyridine rings is 1. The summed E-state index contributed by atoms with van der Waals surface area (Å²) in [5, 5.41) is 3.91. The van der Waals surface area contributed by atoms with Gasteiger partial charge in [-0.15, -0.1) is 0 Å². The van der Waals surface area contributed by atoms with Crippen molar-refractivity contribution >= 4 is 46.8 Å². The molecule has 0 saturated carbocycles. The highest BCUT2D eigenvalue weighted by molar-refractivity contribution is 7.99. The number of hydrogen-bond acceptors (Lipinski definition) is 8. The van der Waals surface area contributed by atoms with Gasteiger partial charge in [-0.05, 0) is 49.6 Å². The Morgan fingerprint density at radius 1 is 1.09 bits per heavy atom. The monoisotopic (exact) mass is 487 g/mol. The van der Waals surface area contributed by atoms with Crippen LogP contribution in [0.15, 0.2) is 46.5 Å². The number of alkyl halides is 2. The zero-order valence-electron chi connectivity index (χ0n) is 19.4. The van der Waals surface area contributed by atoms with Gasteiger partial charge < -0.3 is 20.4 Å². The number of hydrogen-bond donors (Lipinski definition) is 2. The summed E-state index contributed by atoms with van der Waals surface area (Å²) in [5.41, 5.74) is 3.93. The molecule has 2 aliphatic rings. The van der Waals surface area contributed by atoms with E-state index in [1.54, 1.807) is 24.2 Å². The lowest BCUT2D eigenvalue weighted by molar-refractivity contribution is -0.0221. The molecule has 3 N–H and O–H groups in total. The number of nitrogens with one attached hydrogen (secondary N) is 1. The van der Waals surface area contributed by atoms with Gasteiger partial charge in [0.15, 0.2) is 0 Å². The molecule has 182 valence electrons. The Hall–Kier alpha value is -2.88. The molecular formula is C24H31F2N7S. The lowest BCUT2D eigenvalue weighted by Crippen LogP contribution is -2.39. The third kappa shape index (κ3) is 5.97. The number of piperidine rings is 2. The van der Waals surface area contributed by atoms with Crippen LogP contribution in [0.25, 0.3) is 0 Å². The first-order chi connectivity index (χ1) is 16.5. The molecule has 2 saturated heterocycles. The van der Waals surface area contributed by atoms with Crippen molar-refractivity contribution in [3.05, 3.63) is 42.1 Å². The van der Waals surface area contributed by atoms with Crippen molar-refractivity contribution in [2.75, 3.05) is 47.0 Å². The molecule has 2 fully saturated rings. The number of halogens is 2. The van der Waals surface area contributed by atoms with Gasteiger partial charge in [-0.1, -0.05) is 18.0 Å². The Morgan fingerprint density at radius 3 is 2.56 bits per heavy atom. The van der Waals surface area contributed by atoms with E-state index in [9.17, 15) is 8.78 Å². The summed E-state index contributed by atoms with van der Waals surface area (Å²) < 4.78 is 30.4. The van der Waals surface area contributed by atoms with Crippen LogP contribution >= 0.6 is 11.9 Å². The van der Waals surface area contributed by atoms with Gasteiger partial charge in [-0.25, -0.2) is 13.8 Å². The summed E-state index contributed by atoms with van der Waals surface area (Å²) in [6.07, 6.45) is 6.86. The maximum atomic E-state index is 13.5. The Bertz CT molecular complexity index is 1030. The zero-order valence-corrected chi connectivity index (χ0v) is 20.2. The molecule has 0 amide bonds. The predicted molar refractivity (Wildman–Crippen MR) is 139 cm³/mol. The molecule has 0 spiro atoms. The van der Waals surface area contributed by atoms with Crippen molar-refractivity contribution in [2.45, 2.75) is 38.0 Å². The predicted octanol–water partition coefficient (Wildman–Crippen LogP) is 5.06. The van der Waals surface area contributed by atoms with Crippen LogP contribution in [0.3, 0.4) is 0 Å². The average molecular weight is 488 g/mol. The molecule has 3 heterocycles. The minimum Gasteiger partial charge on any atom is -0.370 e. The van der Waals surface area contributed by atoms with E-state index in [-0.39, 0.29) is 25.9 Å². The van der Waals surface area contributed by atoms with Gasteiger partial charge in [0.1, 0.15) is 11.5 Å². The third-order valence-corrected chi connectivity index (χ3v) is 6.61. The smallest absolute Gasteiger partial charge is 0.251 e. The molecule has 1 aromatic heterocycles. The lowest BCUT2D eigenvalue weighted by Gasteiger charge is -2.32. The number of benzene rings is 1. The van der Waals surface area contributed by atoms with E-state index in [4.69, 9.17) is 10.8 Å². The van der Waals surface area contributed by atoms with Gasteiger partial charge in [0.05, 0.1) is 23.3 Å². The Balaban J connectivity index is 1.56. The van der Waals surface area contributed by atoms with Crippen LogP contribution < -0.4 is 20.4 Å². The Morgan fingerprint density at radius 2 is 1.85 bits per heavy atom. The summed E-state index contributed by atoms with van der Waals surface area (Å²) in [6.45, 7) is 2.54. The zero-order chi connectivity index (χ0) is 24.0. The fourth-order valence-electron chi connectivity index (χ4n) is 4.30. The first-order valence-corrected chi connectivity index (χ1v) is 12.8. The van der Waals surface area contributed by atoms with E-state index in [0.29, 0.717) is 17.2 Å². The van der Waals surface area contributed by atoms with Crippen LogP contribution in [0.2, 0.25) is 0 Å². The highest BCUT2D eigenvalue weighted by Crippen LogP contribution is 2.34. The van der Waals surface area contributed by atoms with Crippen LogP contribution in [0, 0.1) is 0 Å². The summed E-state index contributed by atoms with van der Waals surface area (Å²) in [5.74, 6) is 3.74. The molecule has 2 aliphatic heterocycles. The summed E-state index contributed by atoms with van der Waals surface area (Å²) >= 11 is 1.55. The number of anilines is 3. The quantitative estimate of drug-likeness (QED) is 0.246. The van der Waals surface area contributed by atoms with Gasteiger partial charge in [0.2, 0.25) is 0 Å². The van der Waals surface area contributed by atoms with Gasteiger partial charge in [-0.3, -0.25) is 4.99 Å². The second-order valence-electron chi connectivity index (χ2n) is 8.55. The molecule has 34 heavy (non-hydrogen) atoms. The molecule has 0 bridgehead atoms. The van der Waals surface area contributed by atoms with Crippen LogP contribution in [0.4, 0.5) is 31.7 Å². The molecule has 0 atom stereocenters. The maximum absolute atomic E-state index is 13.5. The van der Waals surface area contributed by atoms with Crippen molar-refractivity contribution < 1.29 is 8.78 Å². The van der Waals surface area contributed by atoms with Crippen LogP contribution in [0.1, 0.15) is 37.8 Å². The van der Waals surface area contributed by atoms with Crippen molar-refractivity contribution in [1.29, 1.82) is 0 Å². The minimum absolute atomic E-state index is 0.168. The van der Waals surface area contributed by atoms with Crippen LogP contribution in [-0.4, -0.2) is 55.3 Å². The second-order valence-corrected chi connectivity index (χ2v) is 9.17. The Kier molecular flexibility index (Phi) is 7.87. The van der Waals surface area contributed by atoms with Gasteiger partial charge in [-0.2, -0.15) is 5.10 Å². The van der Waals surface area contributed by atoms with Crippen molar-refractivity contribution in [3.63, 3.8) is 0 Å². The van der Waals surface area contributed by atoms with E-state index in [2.05, 4.69) is 25.8 Å². The second kappa shape index (κ2) is 11.0. The molecule has 7 nitrogen and oxygen atoms in total. The van der Waals surface area contributed by atoms with E-state index < -0.39 is 5.92 Å². The summed E-state index contributed by atoms with van der Waals surface area (Å²) in [6, 6.07) is 11.6. The molecular weight excluding hydrogens is 456 g/mol. The summed E-state index contributed by atoms with van der Waals surface area (Å²) in [4.78, 5) is 13.6. The molecule has 2 aromatic rings. The fraction of sp³-hybridized carbons (Fsp3) is 0.458. The molecule has 0 unspecified atom stereocenters. The SMILES string of the molecule is CSNc1ccc(N=C/C(=N\N)c2cccc(N3CCC(F)(F)CC3)n2)c(N2CCCCC2)c1. The number of nitrogens with zero attached hydrogens (tertiary/aromatic N) is 5. The lowest BCUT2D eigenvalue weighted by atomic mass is 10.1. The highest BCUT2D eigenvalue weighted by atomic mass is 32.2. The van der Waals surface area contributed by atoms with Crippen LogP contribution in [-0.2, 0) is 0 Å². The summed E-state index contributed by atoms with van der Waals surface area (Å²) in [7, 11) is 0. The van der Waals surface area contributed by atoms with Gasteiger partial charge >= 0.3 is 0 Å². The van der Waals surface area contributed by atoms with Gasteiger partial charge in [0, 0.05) is 51.0 Å². The van der Waals surface area contributed by atoms with Crippen molar-refractivity contribution in [2.24, 2.45) is 15.9 Å². The topological polar surface area (TPSA) is 82.1 Å².